The van der Waals surface area contributed by atoms with Crippen LogP contribution in [-0.4, -0.2) is 50.3 Å². The number of fused-ring (bicyclic) bond motifs is 1. The maximum atomic E-state index is 12.3. The smallest absolute Gasteiger partial charge is 0.330 e. The van der Waals surface area contributed by atoms with Crippen molar-refractivity contribution in [3.63, 3.8) is 0 Å². The van der Waals surface area contributed by atoms with E-state index in [4.69, 9.17) is 16.9 Å². The molecule has 1 amide bonds. The van der Waals surface area contributed by atoms with Crippen molar-refractivity contribution >= 4 is 40.3 Å². The monoisotopic (exact) mass is 395 g/mol. The fraction of sp³-hybridized carbons (Fsp3) is 0.556. The van der Waals surface area contributed by atoms with E-state index in [0.717, 1.165) is 24.3 Å². The number of carbonyl (C=O) groups excluding carboxylic acids is 1. The lowest BCUT2D eigenvalue weighted by Gasteiger charge is -2.44. The molecule has 1 saturated heterocycles. The van der Waals surface area contributed by atoms with Crippen LogP contribution in [-0.2, 0) is 9.59 Å². The Bertz CT molecular complexity index is 686. The van der Waals surface area contributed by atoms with E-state index in [0.29, 0.717) is 12.0 Å². The zero-order valence-electron chi connectivity index (χ0n) is 14.6. The molecule has 0 aromatic carbocycles. The van der Waals surface area contributed by atoms with Gasteiger partial charge in [0.1, 0.15) is 5.37 Å². The van der Waals surface area contributed by atoms with Crippen molar-refractivity contribution in [2.75, 3.05) is 5.88 Å². The van der Waals surface area contributed by atoms with E-state index in [1.54, 1.807) is 0 Å². The van der Waals surface area contributed by atoms with Gasteiger partial charge in [-0.25, -0.2) is 4.79 Å². The molecule has 2 rings (SSSR count). The minimum absolute atomic E-state index is 0.0132. The number of aliphatic imine (C=N–C) groups is 1. The van der Waals surface area contributed by atoms with Crippen molar-refractivity contribution in [2.24, 2.45) is 10.9 Å². The highest BCUT2D eigenvalue weighted by atomic mass is 35.5. The number of aliphatic carboxylic acids is 1. The van der Waals surface area contributed by atoms with Gasteiger partial charge >= 0.3 is 5.97 Å². The normalized spacial score (nSPS) is 23.8. The Kier molecular flexibility index (Phi) is 7.30. The number of thioether (sulfide) groups is 1. The van der Waals surface area contributed by atoms with E-state index in [2.05, 4.69) is 17.6 Å². The van der Waals surface area contributed by atoms with Crippen molar-refractivity contribution in [2.45, 2.75) is 50.1 Å². The highest BCUT2D eigenvalue weighted by Gasteiger charge is 2.56. The van der Waals surface area contributed by atoms with Gasteiger partial charge in [-0.1, -0.05) is 37.4 Å². The molecule has 0 aliphatic carbocycles. The van der Waals surface area contributed by atoms with Gasteiger partial charge in [-0.2, -0.15) is 5.26 Å². The summed E-state index contributed by atoms with van der Waals surface area (Å²) in [6.07, 6.45) is 7.14. The number of likely N-dealkylation sites (tertiary alicyclic amines) is 1. The first-order chi connectivity index (χ1) is 12.4. The second-order valence-electron chi connectivity index (χ2n) is 6.24. The van der Waals surface area contributed by atoms with Gasteiger partial charge < -0.3 is 10.0 Å². The number of alkyl halides is 1. The van der Waals surface area contributed by atoms with Gasteiger partial charge in [-0.15, -0.1) is 11.6 Å². The van der Waals surface area contributed by atoms with Crippen LogP contribution in [0.3, 0.4) is 0 Å². The summed E-state index contributed by atoms with van der Waals surface area (Å²) in [6, 6.07) is 0.673. The van der Waals surface area contributed by atoms with E-state index in [1.165, 1.54) is 16.7 Å². The third-order valence-electron chi connectivity index (χ3n) is 4.48. The number of carbonyl (C=O) groups is 2. The first-order valence-electron chi connectivity index (χ1n) is 8.51. The molecule has 2 aliphatic heterocycles. The van der Waals surface area contributed by atoms with Crippen molar-refractivity contribution in [1.29, 1.82) is 5.26 Å². The molecule has 26 heavy (non-hydrogen) atoms. The standard InChI is InChI=1S/C18H22ClN3O3S/c1-3-12(10-20)7-5-4-6-8-13-21-14-16(23)22(17(14)26-13)15(18(24)25)11(2)9-19/h4,6,12,14-15,17H,2-3,5,7-9H2,1H3,(H,24,25). The van der Waals surface area contributed by atoms with Gasteiger partial charge in [-0.05, 0) is 24.8 Å². The van der Waals surface area contributed by atoms with Crippen molar-refractivity contribution < 1.29 is 14.7 Å². The first kappa shape index (κ1) is 20.5. The molecule has 0 saturated carbocycles. The maximum absolute atomic E-state index is 12.3. The third-order valence-corrected chi connectivity index (χ3v) is 6.09. The summed E-state index contributed by atoms with van der Waals surface area (Å²) in [4.78, 5) is 29.5. The summed E-state index contributed by atoms with van der Waals surface area (Å²) in [6.45, 7) is 5.68. The van der Waals surface area contributed by atoms with Crippen LogP contribution in [0, 0.1) is 17.2 Å². The molecule has 2 aliphatic rings. The van der Waals surface area contributed by atoms with Crippen LogP contribution >= 0.6 is 23.4 Å². The van der Waals surface area contributed by atoms with Crippen LogP contribution in [0.15, 0.2) is 29.3 Å². The highest BCUT2D eigenvalue weighted by Crippen LogP contribution is 2.42. The van der Waals surface area contributed by atoms with E-state index >= 15 is 0 Å². The average molecular weight is 396 g/mol. The van der Waals surface area contributed by atoms with Crippen LogP contribution in [0.4, 0.5) is 0 Å². The molecule has 4 atom stereocenters. The lowest BCUT2D eigenvalue weighted by molar-refractivity contribution is -0.157. The molecular weight excluding hydrogens is 374 g/mol. The van der Waals surface area contributed by atoms with Crippen molar-refractivity contribution in [3.05, 3.63) is 24.3 Å². The van der Waals surface area contributed by atoms with Crippen LogP contribution < -0.4 is 0 Å². The van der Waals surface area contributed by atoms with Gasteiger partial charge in [0.25, 0.3) is 5.91 Å². The minimum atomic E-state index is -1.13. The van der Waals surface area contributed by atoms with Gasteiger partial charge in [-0.3, -0.25) is 9.79 Å². The second-order valence-corrected chi connectivity index (χ2v) is 7.70. The molecule has 0 aromatic heterocycles. The lowest BCUT2D eigenvalue weighted by atomic mass is 10.00. The van der Waals surface area contributed by atoms with Gasteiger partial charge in [0, 0.05) is 18.2 Å². The number of rotatable bonds is 10. The molecule has 2 heterocycles. The lowest BCUT2D eigenvalue weighted by Crippen LogP contribution is -2.66. The Morgan fingerprint density at radius 1 is 1.58 bits per heavy atom. The molecule has 1 N–H and O–H groups in total. The maximum Gasteiger partial charge on any atom is 0.330 e. The fourth-order valence-corrected chi connectivity index (χ4v) is 4.37. The highest BCUT2D eigenvalue weighted by molar-refractivity contribution is 8.14. The number of hydrogen-bond acceptors (Lipinski definition) is 5. The zero-order chi connectivity index (χ0) is 19.3. The molecule has 8 heteroatoms. The SMILES string of the molecule is C=C(CCl)C(C(=O)O)N1C(=O)C2N=C(CC=CCCC(C#N)CC)SC21. The molecular formula is C18H22ClN3O3S. The van der Waals surface area contributed by atoms with E-state index in [1.807, 2.05) is 19.1 Å². The molecule has 4 unspecified atom stereocenters. The van der Waals surface area contributed by atoms with Gasteiger partial charge in [0.2, 0.25) is 0 Å². The predicted molar refractivity (Wildman–Crippen MR) is 103 cm³/mol. The fourth-order valence-electron chi connectivity index (χ4n) is 2.93. The van der Waals surface area contributed by atoms with Crippen molar-refractivity contribution in [1.82, 2.24) is 4.90 Å². The number of hydrogen-bond donors (Lipinski definition) is 1. The molecule has 6 nitrogen and oxygen atoms in total. The number of nitrogens with zero attached hydrogens (tertiary/aromatic N) is 3. The Labute approximate surface area is 162 Å². The molecule has 0 radical (unpaired) electrons. The summed E-state index contributed by atoms with van der Waals surface area (Å²) in [5.74, 6) is -1.34. The molecule has 0 spiro atoms. The van der Waals surface area contributed by atoms with Crippen LogP contribution in [0.25, 0.3) is 0 Å². The van der Waals surface area contributed by atoms with Crippen LogP contribution in [0.1, 0.15) is 32.6 Å². The minimum Gasteiger partial charge on any atom is -0.479 e. The second kappa shape index (κ2) is 9.24. The number of halogens is 1. The Morgan fingerprint density at radius 3 is 2.88 bits per heavy atom. The number of amides is 1. The Hall–Kier alpha value is -1.78. The summed E-state index contributed by atoms with van der Waals surface area (Å²) in [7, 11) is 0. The van der Waals surface area contributed by atoms with Gasteiger partial charge in [0.15, 0.2) is 12.1 Å². The quantitative estimate of drug-likeness (QED) is 0.348. The van der Waals surface area contributed by atoms with Gasteiger partial charge in [0.05, 0.1) is 11.1 Å². The number of carboxylic acids is 1. The first-order valence-corrected chi connectivity index (χ1v) is 9.92. The topological polar surface area (TPSA) is 93.8 Å². The molecule has 0 aromatic rings. The number of β-lactam (4-membered cyclic amide) rings is 1. The predicted octanol–water partition coefficient (Wildman–Crippen LogP) is 3.19. The molecule has 1 fully saturated rings. The van der Waals surface area contributed by atoms with E-state index < -0.39 is 18.1 Å². The summed E-state index contributed by atoms with van der Waals surface area (Å²) < 4.78 is 0. The summed E-state index contributed by atoms with van der Waals surface area (Å²) in [5.41, 5.74) is 0.294. The van der Waals surface area contributed by atoms with Crippen LogP contribution in [0.2, 0.25) is 0 Å². The molecule has 140 valence electrons. The van der Waals surface area contributed by atoms with Crippen LogP contribution in [0.5, 0.6) is 0 Å². The number of carboxylic acid groups (broad SMARTS) is 1. The van der Waals surface area contributed by atoms with E-state index in [9.17, 15) is 14.7 Å². The number of allylic oxidation sites excluding steroid dienone is 2. The zero-order valence-corrected chi connectivity index (χ0v) is 16.2. The average Bonchev–Trinajstić information content (AvgIpc) is 3.01. The summed E-state index contributed by atoms with van der Waals surface area (Å²) >= 11 is 7.13. The Balaban J connectivity index is 1.89. The molecule has 0 bridgehead atoms. The van der Waals surface area contributed by atoms with Crippen molar-refractivity contribution in [3.8, 4) is 6.07 Å². The summed E-state index contributed by atoms with van der Waals surface area (Å²) in [5, 5.41) is 18.9. The van der Waals surface area contributed by atoms with E-state index in [-0.39, 0.29) is 23.1 Å². The third kappa shape index (κ3) is 4.30. The largest absolute Gasteiger partial charge is 0.479 e. The Morgan fingerprint density at radius 2 is 2.31 bits per heavy atom. The number of nitriles is 1.